The summed E-state index contributed by atoms with van der Waals surface area (Å²) in [6.07, 6.45) is 4.13. The number of nitrogens with one attached hydrogen (secondary N) is 1. The van der Waals surface area contributed by atoms with Crippen molar-refractivity contribution in [1.29, 1.82) is 0 Å². The van der Waals surface area contributed by atoms with Crippen molar-refractivity contribution in [3.05, 3.63) is 29.8 Å². The molecular weight excluding hydrogens is 266 g/mol. The summed E-state index contributed by atoms with van der Waals surface area (Å²) in [7, 11) is 0. The SMILES string of the molecule is CCCCOc1cccc(CNC(=O)C2CCCC2O)c1. The molecule has 0 aromatic heterocycles. The molecule has 0 saturated heterocycles. The standard InChI is InChI=1S/C17H25NO3/c1-2-3-10-21-14-7-4-6-13(11-14)12-18-17(20)15-8-5-9-16(15)19/h4,6-7,11,15-16,19H,2-3,5,8-10,12H2,1H3,(H,18,20). The van der Waals surface area contributed by atoms with Crippen molar-refractivity contribution in [2.24, 2.45) is 5.92 Å². The summed E-state index contributed by atoms with van der Waals surface area (Å²) in [5, 5.41) is 12.7. The predicted octanol–water partition coefficient (Wildman–Crippen LogP) is 2.64. The molecule has 1 aliphatic carbocycles. The Morgan fingerprint density at radius 1 is 1.43 bits per heavy atom. The van der Waals surface area contributed by atoms with E-state index >= 15 is 0 Å². The minimum Gasteiger partial charge on any atom is -0.494 e. The zero-order chi connectivity index (χ0) is 15.1. The van der Waals surface area contributed by atoms with Crippen LogP contribution in [0.5, 0.6) is 5.75 Å². The van der Waals surface area contributed by atoms with Crippen LogP contribution in [-0.2, 0) is 11.3 Å². The molecule has 2 N–H and O–H groups in total. The van der Waals surface area contributed by atoms with Crippen LogP contribution >= 0.6 is 0 Å². The number of amides is 1. The minimum absolute atomic E-state index is 0.0442. The van der Waals surface area contributed by atoms with E-state index in [0.29, 0.717) is 6.54 Å². The molecule has 1 aliphatic rings. The van der Waals surface area contributed by atoms with Gasteiger partial charge in [0.15, 0.2) is 0 Å². The smallest absolute Gasteiger partial charge is 0.225 e. The fourth-order valence-electron chi connectivity index (χ4n) is 2.65. The highest BCUT2D eigenvalue weighted by Crippen LogP contribution is 2.25. The van der Waals surface area contributed by atoms with E-state index in [2.05, 4.69) is 12.2 Å². The fraction of sp³-hybridized carbons (Fsp3) is 0.588. The summed E-state index contributed by atoms with van der Waals surface area (Å²) in [6.45, 7) is 3.33. The molecule has 0 aliphatic heterocycles. The summed E-state index contributed by atoms with van der Waals surface area (Å²) in [5.74, 6) is 0.558. The Morgan fingerprint density at radius 2 is 2.29 bits per heavy atom. The summed E-state index contributed by atoms with van der Waals surface area (Å²) in [5.41, 5.74) is 1.02. The van der Waals surface area contributed by atoms with Gasteiger partial charge >= 0.3 is 0 Å². The second-order valence-corrected chi connectivity index (χ2v) is 5.67. The first-order valence-corrected chi connectivity index (χ1v) is 7.88. The largest absolute Gasteiger partial charge is 0.494 e. The third-order valence-corrected chi connectivity index (χ3v) is 3.95. The normalized spacial score (nSPS) is 21.2. The molecule has 0 bridgehead atoms. The molecule has 1 saturated carbocycles. The molecular formula is C17H25NO3. The first kappa shape index (κ1) is 15.8. The summed E-state index contributed by atoms with van der Waals surface area (Å²) in [4.78, 5) is 12.0. The zero-order valence-electron chi connectivity index (χ0n) is 12.7. The van der Waals surface area contributed by atoms with Crippen LogP contribution in [0.4, 0.5) is 0 Å². The highest BCUT2D eigenvalue weighted by molar-refractivity contribution is 5.79. The van der Waals surface area contributed by atoms with E-state index in [4.69, 9.17) is 4.74 Å². The van der Waals surface area contributed by atoms with E-state index in [0.717, 1.165) is 50.0 Å². The number of unbranched alkanes of at least 4 members (excludes halogenated alkanes) is 1. The van der Waals surface area contributed by atoms with Gasteiger partial charge in [-0.3, -0.25) is 4.79 Å². The lowest BCUT2D eigenvalue weighted by Gasteiger charge is -2.14. The van der Waals surface area contributed by atoms with Crippen LogP contribution in [0.3, 0.4) is 0 Å². The Bertz CT molecular complexity index is 461. The van der Waals surface area contributed by atoms with E-state index in [9.17, 15) is 9.90 Å². The van der Waals surface area contributed by atoms with Crippen LogP contribution in [0.15, 0.2) is 24.3 Å². The van der Waals surface area contributed by atoms with E-state index < -0.39 is 6.10 Å². The van der Waals surface area contributed by atoms with Crippen molar-refractivity contribution in [3.8, 4) is 5.75 Å². The van der Waals surface area contributed by atoms with E-state index in [1.807, 2.05) is 24.3 Å². The minimum atomic E-state index is -0.478. The van der Waals surface area contributed by atoms with Crippen molar-refractivity contribution in [2.75, 3.05) is 6.61 Å². The highest BCUT2D eigenvalue weighted by Gasteiger charge is 2.31. The van der Waals surface area contributed by atoms with Gasteiger partial charge in [0.1, 0.15) is 5.75 Å². The van der Waals surface area contributed by atoms with Gasteiger partial charge in [-0.2, -0.15) is 0 Å². The van der Waals surface area contributed by atoms with Crippen molar-refractivity contribution in [1.82, 2.24) is 5.32 Å². The van der Waals surface area contributed by atoms with Gasteiger partial charge in [-0.15, -0.1) is 0 Å². The number of ether oxygens (including phenoxy) is 1. The molecule has 4 heteroatoms. The van der Waals surface area contributed by atoms with Crippen molar-refractivity contribution in [2.45, 2.75) is 51.7 Å². The zero-order valence-corrected chi connectivity index (χ0v) is 12.7. The monoisotopic (exact) mass is 291 g/mol. The van der Waals surface area contributed by atoms with Crippen molar-refractivity contribution < 1.29 is 14.6 Å². The molecule has 1 fully saturated rings. The maximum absolute atomic E-state index is 12.0. The van der Waals surface area contributed by atoms with Crippen molar-refractivity contribution in [3.63, 3.8) is 0 Å². The third-order valence-electron chi connectivity index (χ3n) is 3.95. The van der Waals surface area contributed by atoms with Gasteiger partial charge in [-0.25, -0.2) is 0 Å². The first-order chi connectivity index (χ1) is 10.2. The average Bonchev–Trinajstić information content (AvgIpc) is 2.92. The number of hydrogen-bond acceptors (Lipinski definition) is 3. The summed E-state index contributed by atoms with van der Waals surface area (Å²) >= 11 is 0. The van der Waals surface area contributed by atoms with Gasteiger partial charge < -0.3 is 15.2 Å². The Morgan fingerprint density at radius 3 is 3.00 bits per heavy atom. The molecule has 21 heavy (non-hydrogen) atoms. The lowest BCUT2D eigenvalue weighted by Crippen LogP contribution is -2.34. The number of benzene rings is 1. The molecule has 2 atom stereocenters. The molecule has 0 radical (unpaired) electrons. The molecule has 1 aromatic rings. The fourth-order valence-corrected chi connectivity index (χ4v) is 2.65. The molecule has 0 spiro atoms. The number of aliphatic hydroxyl groups excluding tert-OH is 1. The summed E-state index contributed by atoms with van der Waals surface area (Å²) in [6, 6.07) is 7.80. The molecule has 4 nitrogen and oxygen atoms in total. The highest BCUT2D eigenvalue weighted by atomic mass is 16.5. The van der Waals surface area contributed by atoms with Crippen LogP contribution in [-0.4, -0.2) is 23.7 Å². The maximum Gasteiger partial charge on any atom is 0.225 e. The Balaban J connectivity index is 1.82. The molecule has 116 valence electrons. The van der Waals surface area contributed by atoms with Gasteiger partial charge in [0.25, 0.3) is 0 Å². The molecule has 1 amide bonds. The van der Waals surface area contributed by atoms with Crippen LogP contribution in [0.25, 0.3) is 0 Å². The van der Waals surface area contributed by atoms with Crippen LogP contribution in [0.1, 0.15) is 44.6 Å². The molecule has 1 aromatic carbocycles. The first-order valence-electron chi connectivity index (χ1n) is 7.88. The van der Waals surface area contributed by atoms with E-state index in [1.165, 1.54) is 0 Å². The number of hydrogen-bond donors (Lipinski definition) is 2. The molecule has 2 rings (SSSR count). The number of rotatable bonds is 7. The second-order valence-electron chi connectivity index (χ2n) is 5.67. The number of carbonyl (C=O) groups excluding carboxylic acids is 1. The lowest BCUT2D eigenvalue weighted by molar-refractivity contribution is -0.127. The van der Waals surface area contributed by atoms with Gasteiger partial charge in [-0.1, -0.05) is 25.5 Å². The average molecular weight is 291 g/mol. The number of carbonyl (C=O) groups is 1. The summed E-state index contributed by atoms with van der Waals surface area (Å²) < 4.78 is 5.66. The number of aliphatic hydroxyl groups is 1. The Labute approximate surface area is 126 Å². The van der Waals surface area contributed by atoms with Crippen molar-refractivity contribution >= 4 is 5.91 Å². The maximum atomic E-state index is 12.0. The van der Waals surface area contributed by atoms with E-state index in [-0.39, 0.29) is 11.8 Å². The quantitative estimate of drug-likeness (QED) is 0.759. The Hall–Kier alpha value is -1.55. The van der Waals surface area contributed by atoms with Gasteiger partial charge in [0.2, 0.25) is 5.91 Å². The van der Waals surface area contributed by atoms with Gasteiger partial charge in [0.05, 0.1) is 18.6 Å². The molecule has 0 heterocycles. The van der Waals surface area contributed by atoms with Gasteiger partial charge in [-0.05, 0) is 43.4 Å². The van der Waals surface area contributed by atoms with E-state index in [1.54, 1.807) is 0 Å². The topological polar surface area (TPSA) is 58.6 Å². The lowest BCUT2D eigenvalue weighted by atomic mass is 10.1. The Kier molecular flexibility index (Phi) is 6.05. The van der Waals surface area contributed by atoms with Crippen LogP contribution < -0.4 is 10.1 Å². The molecule has 2 unspecified atom stereocenters. The van der Waals surface area contributed by atoms with Crippen LogP contribution in [0, 0.1) is 5.92 Å². The predicted molar refractivity (Wildman–Crippen MR) is 82.0 cm³/mol. The second kappa shape index (κ2) is 8.03. The van der Waals surface area contributed by atoms with Crippen LogP contribution in [0.2, 0.25) is 0 Å². The third kappa shape index (κ3) is 4.74. The van der Waals surface area contributed by atoms with Gasteiger partial charge in [0, 0.05) is 6.54 Å².